The summed E-state index contributed by atoms with van der Waals surface area (Å²) in [6, 6.07) is 7.37. The molecule has 1 aromatic rings. The van der Waals surface area contributed by atoms with E-state index in [1.165, 1.54) is 5.01 Å². The molecule has 1 aromatic carbocycles. The Hall–Kier alpha value is -1.87. The summed E-state index contributed by atoms with van der Waals surface area (Å²) in [4.78, 5) is 28.4. The van der Waals surface area contributed by atoms with Crippen LogP contribution in [-0.4, -0.2) is 60.3 Å². The summed E-state index contributed by atoms with van der Waals surface area (Å²) in [6.45, 7) is 2.74. The Labute approximate surface area is 169 Å². The van der Waals surface area contributed by atoms with E-state index in [0.29, 0.717) is 23.9 Å². The van der Waals surface area contributed by atoms with Gasteiger partial charge in [0.05, 0.1) is 23.2 Å². The zero-order valence-corrected chi connectivity index (χ0v) is 17.3. The molecule has 0 aliphatic carbocycles. The SMILES string of the molecule is C[C@H]1CCN(C(=O)C2=NN([C@H]3CCS(=O)(=O)C3)C(=O)CC2)c2ccccc2S1. The molecule has 2 amide bonds. The molecule has 7 nitrogen and oxygen atoms in total. The zero-order valence-electron chi connectivity index (χ0n) is 15.7. The van der Waals surface area contributed by atoms with Crippen LogP contribution >= 0.6 is 11.8 Å². The van der Waals surface area contributed by atoms with Crippen molar-refractivity contribution in [2.75, 3.05) is 23.0 Å². The van der Waals surface area contributed by atoms with Crippen LogP contribution in [0.3, 0.4) is 0 Å². The maximum Gasteiger partial charge on any atom is 0.274 e. The lowest BCUT2D eigenvalue weighted by atomic mass is 10.1. The summed E-state index contributed by atoms with van der Waals surface area (Å²) in [6.07, 6.45) is 1.71. The molecule has 0 saturated carbocycles. The molecule has 0 unspecified atom stereocenters. The van der Waals surface area contributed by atoms with Crippen molar-refractivity contribution in [2.24, 2.45) is 5.10 Å². The smallest absolute Gasteiger partial charge is 0.274 e. The van der Waals surface area contributed by atoms with Gasteiger partial charge in [-0.25, -0.2) is 13.4 Å². The van der Waals surface area contributed by atoms with Gasteiger partial charge in [0.15, 0.2) is 9.84 Å². The molecule has 0 aromatic heterocycles. The quantitative estimate of drug-likeness (QED) is 0.730. The Morgan fingerprint density at radius 2 is 2.00 bits per heavy atom. The number of sulfone groups is 1. The number of anilines is 1. The minimum absolute atomic E-state index is 0.0643. The van der Waals surface area contributed by atoms with Gasteiger partial charge in [-0.1, -0.05) is 19.1 Å². The van der Waals surface area contributed by atoms with Crippen LogP contribution in [0.15, 0.2) is 34.3 Å². The second kappa shape index (κ2) is 7.51. The van der Waals surface area contributed by atoms with Crippen molar-refractivity contribution in [3.8, 4) is 0 Å². The van der Waals surface area contributed by atoms with Gasteiger partial charge in [0.2, 0.25) is 5.91 Å². The van der Waals surface area contributed by atoms with Gasteiger partial charge >= 0.3 is 0 Å². The molecule has 28 heavy (non-hydrogen) atoms. The Morgan fingerprint density at radius 3 is 2.75 bits per heavy atom. The first-order chi connectivity index (χ1) is 13.3. The number of nitrogens with zero attached hydrogens (tertiary/aromatic N) is 3. The maximum absolute atomic E-state index is 13.3. The number of rotatable bonds is 2. The number of carbonyl (C=O) groups is 2. The molecule has 4 rings (SSSR count). The van der Waals surface area contributed by atoms with Crippen molar-refractivity contribution in [2.45, 2.75) is 48.8 Å². The first-order valence-corrected chi connectivity index (χ1v) is 12.2. The minimum atomic E-state index is -3.14. The maximum atomic E-state index is 13.3. The van der Waals surface area contributed by atoms with E-state index in [4.69, 9.17) is 0 Å². The van der Waals surface area contributed by atoms with Gasteiger partial charge < -0.3 is 4.90 Å². The van der Waals surface area contributed by atoms with E-state index in [0.717, 1.165) is 17.0 Å². The molecule has 0 spiro atoms. The van der Waals surface area contributed by atoms with Gasteiger partial charge in [-0.05, 0) is 25.0 Å². The number of fused-ring (bicyclic) bond motifs is 1. The zero-order chi connectivity index (χ0) is 19.9. The number of amides is 2. The first kappa shape index (κ1) is 19.4. The average Bonchev–Trinajstić information content (AvgIpc) is 2.93. The normalized spacial score (nSPS) is 27.2. The second-order valence-corrected chi connectivity index (χ2v) is 11.2. The Bertz CT molecular complexity index is 944. The van der Waals surface area contributed by atoms with Crippen LogP contribution in [-0.2, 0) is 19.4 Å². The fourth-order valence-corrected chi connectivity index (χ4v) is 6.64. The van der Waals surface area contributed by atoms with Crippen LogP contribution in [0.4, 0.5) is 5.69 Å². The van der Waals surface area contributed by atoms with E-state index in [-0.39, 0.29) is 36.2 Å². The first-order valence-electron chi connectivity index (χ1n) is 9.51. The van der Waals surface area contributed by atoms with Crippen molar-refractivity contribution < 1.29 is 18.0 Å². The van der Waals surface area contributed by atoms with E-state index in [1.54, 1.807) is 16.7 Å². The highest BCUT2D eigenvalue weighted by atomic mass is 32.2. The summed E-state index contributed by atoms with van der Waals surface area (Å²) in [5.41, 5.74) is 1.20. The second-order valence-electron chi connectivity index (χ2n) is 7.48. The minimum Gasteiger partial charge on any atom is -0.306 e. The number of para-hydroxylation sites is 1. The molecule has 1 saturated heterocycles. The van der Waals surface area contributed by atoms with E-state index >= 15 is 0 Å². The van der Waals surface area contributed by atoms with Gasteiger partial charge in [0.25, 0.3) is 5.91 Å². The summed E-state index contributed by atoms with van der Waals surface area (Å²) in [5.74, 6) is -0.418. The molecule has 3 aliphatic heterocycles. The highest BCUT2D eigenvalue weighted by Gasteiger charge is 2.38. The van der Waals surface area contributed by atoms with Gasteiger partial charge in [-0.15, -0.1) is 11.8 Å². The molecule has 0 N–H and O–H groups in total. The molecule has 1 fully saturated rings. The van der Waals surface area contributed by atoms with Crippen LogP contribution in [0.25, 0.3) is 0 Å². The van der Waals surface area contributed by atoms with E-state index in [1.807, 2.05) is 24.3 Å². The fraction of sp³-hybridized carbons (Fsp3) is 0.526. The Kier molecular flexibility index (Phi) is 5.22. The summed E-state index contributed by atoms with van der Waals surface area (Å²) >= 11 is 1.76. The molecule has 2 atom stereocenters. The number of benzene rings is 1. The van der Waals surface area contributed by atoms with Crippen LogP contribution in [0, 0.1) is 0 Å². The predicted molar refractivity (Wildman–Crippen MR) is 109 cm³/mol. The molecule has 3 aliphatic rings. The van der Waals surface area contributed by atoms with E-state index in [2.05, 4.69) is 12.0 Å². The largest absolute Gasteiger partial charge is 0.306 e. The lowest BCUT2D eigenvalue weighted by Crippen LogP contribution is -2.45. The molecule has 9 heteroatoms. The van der Waals surface area contributed by atoms with Gasteiger partial charge in [0, 0.05) is 29.5 Å². The molecular formula is C19H23N3O4S2. The third kappa shape index (κ3) is 3.82. The number of hydrogen-bond acceptors (Lipinski definition) is 6. The average molecular weight is 422 g/mol. The third-order valence-corrected chi connectivity index (χ3v) is 8.34. The number of hydrazone groups is 1. The summed E-state index contributed by atoms with van der Waals surface area (Å²) in [5, 5.41) is 6.00. The van der Waals surface area contributed by atoms with Crippen LogP contribution < -0.4 is 4.90 Å². The van der Waals surface area contributed by atoms with E-state index in [9.17, 15) is 18.0 Å². The topological polar surface area (TPSA) is 87.1 Å². The highest BCUT2D eigenvalue weighted by molar-refractivity contribution is 8.00. The number of thioether (sulfide) groups is 1. The molecule has 3 heterocycles. The van der Waals surface area contributed by atoms with Crippen LogP contribution in [0.2, 0.25) is 0 Å². The summed E-state index contributed by atoms with van der Waals surface area (Å²) < 4.78 is 23.6. The standard InChI is InChI=1S/C19H23N3O4S2/c1-13-8-10-21(16-4-2-3-5-17(16)27-13)19(24)15-6-7-18(23)22(20-15)14-9-11-28(25,26)12-14/h2-5,13-14H,6-12H2,1H3/t13-,14-/m0/s1. The fourth-order valence-electron chi connectivity index (χ4n) is 3.83. The molecule has 0 bridgehead atoms. The monoisotopic (exact) mass is 421 g/mol. The highest BCUT2D eigenvalue weighted by Crippen LogP contribution is 2.37. The Balaban J connectivity index is 1.62. The van der Waals surface area contributed by atoms with Gasteiger partial charge in [0.1, 0.15) is 5.71 Å². The van der Waals surface area contributed by atoms with Crippen molar-refractivity contribution >= 4 is 44.8 Å². The van der Waals surface area contributed by atoms with Crippen molar-refractivity contribution in [1.82, 2.24) is 5.01 Å². The molecule has 150 valence electrons. The Morgan fingerprint density at radius 1 is 1.21 bits per heavy atom. The number of carbonyl (C=O) groups excluding carboxylic acids is 2. The predicted octanol–water partition coefficient (Wildman–Crippen LogP) is 2.07. The summed E-state index contributed by atoms with van der Waals surface area (Å²) in [7, 11) is -3.14. The van der Waals surface area contributed by atoms with Gasteiger partial charge in [-0.2, -0.15) is 5.10 Å². The lowest BCUT2D eigenvalue weighted by Gasteiger charge is -2.30. The third-order valence-electron chi connectivity index (χ3n) is 5.35. The van der Waals surface area contributed by atoms with Crippen molar-refractivity contribution in [3.63, 3.8) is 0 Å². The van der Waals surface area contributed by atoms with E-state index < -0.39 is 15.9 Å². The van der Waals surface area contributed by atoms with Gasteiger partial charge in [-0.3, -0.25) is 9.59 Å². The molecular weight excluding hydrogens is 398 g/mol. The van der Waals surface area contributed by atoms with Crippen LogP contribution in [0.1, 0.15) is 32.6 Å². The molecule has 0 radical (unpaired) electrons. The van der Waals surface area contributed by atoms with Crippen molar-refractivity contribution in [3.05, 3.63) is 24.3 Å². The lowest BCUT2D eigenvalue weighted by molar-refractivity contribution is -0.133. The van der Waals surface area contributed by atoms with Crippen molar-refractivity contribution in [1.29, 1.82) is 0 Å². The number of hydrogen-bond donors (Lipinski definition) is 0. The van der Waals surface area contributed by atoms with Crippen LogP contribution in [0.5, 0.6) is 0 Å².